The number of hydrogen-bond donors (Lipinski definition) is 0. The van der Waals surface area contributed by atoms with E-state index in [1.807, 2.05) is 13.1 Å². The van der Waals surface area contributed by atoms with Gasteiger partial charge in [-0.2, -0.15) is 0 Å². The van der Waals surface area contributed by atoms with Gasteiger partial charge in [-0.3, -0.25) is 0 Å². The fourth-order valence-corrected chi connectivity index (χ4v) is 10.5. The van der Waals surface area contributed by atoms with Crippen LogP contribution < -0.4 is 0 Å². The summed E-state index contributed by atoms with van der Waals surface area (Å²) < 4.78 is 0. The maximum Gasteiger partial charge on any atom is 0.477 e. The fraction of sp³-hybridized carbons (Fsp3) is 1.00. The van der Waals surface area contributed by atoms with E-state index < -0.39 is 7.14 Å². The molecule has 0 fully saturated rings. The zero-order valence-corrected chi connectivity index (χ0v) is 17.5. The molecule has 2 radical (unpaired) electrons. The van der Waals surface area contributed by atoms with Crippen molar-refractivity contribution in [2.24, 2.45) is 5.41 Å². The summed E-state index contributed by atoms with van der Waals surface area (Å²) in [4.78, 5) is 0. The largest absolute Gasteiger partial charge is 0.477 e. The zero-order valence-electron chi connectivity index (χ0n) is 15.1. The fourth-order valence-electron chi connectivity index (χ4n) is 2.76. The van der Waals surface area contributed by atoms with Gasteiger partial charge in [0.15, 0.2) is 0 Å². The van der Waals surface area contributed by atoms with Gasteiger partial charge in [-0.1, -0.05) is 27.7 Å². The Balaban J connectivity index is 5.96. The van der Waals surface area contributed by atoms with Crippen molar-refractivity contribution in [1.29, 1.82) is 0 Å². The number of hydrogen-bond acceptors (Lipinski definition) is 0. The normalized spacial score (nSPS) is 17.6. The molecule has 0 spiro atoms. The summed E-state index contributed by atoms with van der Waals surface area (Å²) in [5.41, 5.74) is 0.108. The van der Waals surface area contributed by atoms with Gasteiger partial charge in [-0.05, 0) is 59.4 Å². The summed E-state index contributed by atoms with van der Waals surface area (Å²) in [5, 5.41) is 0.285. The van der Waals surface area contributed by atoms with E-state index in [2.05, 4.69) is 69.2 Å². The second-order valence-corrected chi connectivity index (χ2v) is 15.0. The van der Waals surface area contributed by atoms with Crippen LogP contribution in [0.25, 0.3) is 0 Å². The lowest BCUT2D eigenvalue weighted by atomic mass is 9.56. The molecule has 1 unspecified atom stereocenters. The predicted octanol–water partition coefficient (Wildman–Crippen LogP) is 6.46. The van der Waals surface area contributed by atoms with Gasteiger partial charge in [0.05, 0.1) is 10.3 Å². The highest BCUT2D eigenvalue weighted by Crippen LogP contribution is 2.79. The molecule has 5 heteroatoms. The van der Waals surface area contributed by atoms with Gasteiger partial charge >= 0.3 is 6.41 Å². The molecule has 0 saturated heterocycles. The van der Waals surface area contributed by atoms with Gasteiger partial charge in [-0.15, -0.1) is 11.5 Å². The molecule has 0 saturated carbocycles. The summed E-state index contributed by atoms with van der Waals surface area (Å²) in [6, 6.07) is 0. The Morgan fingerprint density at radius 3 is 1.25 bits per heavy atom. The molecule has 0 aromatic rings. The van der Waals surface area contributed by atoms with Crippen LogP contribution in [0.1, 0.15) is 69.2 Å². The molecule has 0 aromatic carbocycles. The Bertz CT molecular complexity index is 312. The molecular weight excluding hydrogens is 304 g/mol. The maximum absolute atomic E-state index is 6.47. The van der Waals surface area contributed by atoms with Crippen LogP contribution in [-0.2, 0) is 0 Å². The molecule has 1 atom stereocenters. The highest BCUT2D eigenvalue weighted by molar-refractivity contribution is 8.07. The summed E-state index contributed by atoms with van der Waals surface area (Å²) in [7, 11) is -1.55. The van der Waals surface area contributed by atoms with Crippen LogP contribution in [-0.4, -0.2) is 29.6 Å². The molecule has 0 rings (SSSR count). The monoisotopic (exact) mass is 335 g/mol. The molecule has 0 N–H and O–H groups in total. The molecule has 0 bridgehead atoms. The van der Waals surface area contributed by atoms with Gasteiger partial charge in [-0.25, -0.2) is 11.5 Å². The molecule has 0 aliphatic heterocycles. The topological polar surface area (TPSA) is 0 Å². The van der Waals surface area contributed by atoms with Crippen LogP contribution in [0.15, 0.2) is 0 Å². The third-order valence-corrected chi connectivity index (χ3v) is 12.9. The van der Waals surface area contributed by atoms with E-state index in [1.54, 1.807) is 0 Å². The number of halogens is 2. The van der Waals surface area contributed by atoms with Crippen LogP contribution in [0.4, 0.5) is 0 Å². The summed E-state index contributed by atoms with van der Waals surface area (Å²) in [6.45, 7) is 24.9. The lowest BCUT2D eigenvalue weighted by molar-refractivity contribution is 0.303. The number of rotatable bonds is 4. The zero-order chi connectivity index (χ0) is 16.6. The first-order valence-electron chi connectivity index (χ1n) is 7.35. The molecule has 20 heavy (non-hydrogen) atoms. The van der Waals surface area contributed by atoms with Gasteiger partial charge in [0.2, 0.25) is 6.69 Å². The van der Waals surface area contributed by atoms with E-state index in [-0.39, 0.29) is 21.0 Å². The van der Waals surface area contributed by atoms with Crippen molar-refractivity contribution in [1.82, 2.24) is 0 Å². The second-order valence-electron chi connectivity index (χ2n) is 9.24. The van der Waals surface area contributed by atoms with Crippen LogP contribution in [0.2, 0.25) is 5.31 Å². The van der Waals surface area contributed by atoms with Gasteiger partial charge < -0.3 is 0 Å². The van der Waals surface area contributed by atoms with Crippen LogP contribution in [0, 0.1) is 5.41 Å². The molecular formula is C15H32B2Cl2P+. The Morgan fingerprint density at radius 2 is 1.10 bits per heavy atom. The van der Waals surface area contributed by atoms with Crippen LogP contribution in [0.3, 0.4) is 0 Å². The van der Waals surface area contributed by atoms with Crippen molar-refractivity contribution in [2.75, 3.05) is 6.16 Å². The van der Waals surface area contributed by atoms with Gasteiger partial charge in [0, 0.05) is 6.16 Å². The van der Waals surface area contributed by atoms with E-state index >= 15 is 0 Å². The van der Waals surface area contributed by atoms with E-state index in [0.29, 0.717) is 0 Å². The lowest BCUT2D eigenvalue weighted by Crippen LogP contribution is -2.44. The maximum atomic E-state index is 6.47. The summed E-state index contributed by atoms with van der Waals surface area (Å²) >= 11 is 12.8. The molecule has 0 nitrogen and oxygen atoms in total. The molecule has 0 aromatic heterocycles. The van der Waals surface area contributed by atoms with Crippen molar-refractivity contribution < 1.29 is 0 Å². The van der Waals surface area contributed by atoms with E-state index in [1.165, 1.54) is 0 Å². The molecule has 0 aliphatic carbocycles. The SMILES string of the molecule is CC(C)(C)C(C)([B]Cl)C[P+]([B]Cl)(C(C)(C)C)C(C)(C)C. The first-order valence-corrected chi connectivity index (χ1v) is 10.3. The molecule has 116 valence electrons. The second kappa shape index (κ2) is 6.33. The van der Waals surface area contributed by atoms with Crippen molar-refractivity contribution in [3.63, 3.8) is 0 Å². The standard InChI is InChI=1S/C15H32B2Cl2P/c1-12(2,3)15(10,16-18)11-20(17-19,13(4,5)6)14(7,8)9/h11H2,1-10H3/q+1. The average molecular weight is 336 g/mol. The van der Waals surface area contributed by atoms with Crippen molar-refractivity contribution >= 4 is 43.2 Å². The smallest absolute Gasteiger partial charge is 0.203 e. The minimum Gasteiger partial charge on any atom is -0.203 e. The molecule has 0 heterocycles. The van der Waals surface area contributed by atoms with Gasteiger partial charge in [0.1, 0.15) is 0 Å². The molecule has 0 aliphatic rings. The van der Waals surface area contributed by atoms with E-state index in [4.69, 9.17) is 22.9 Å². The third-order valence-electron chi connectivity index (χ3n) is 5.09. The van der Waals surface area contributed by atoms with Crippen molar-refractivity contribution in [2.45, 2.75) is 84.9 Å². The van der Waals surface area contributed by atoms with Crippen LogP contribution >= 0.6 is 30.1 Å². The van der Waals surface area contributed by atoms with Crippen LogP contribution in [0.5, 0.6) is 0 Å². The van der Waals surface area contributed by atoms with E-state index in [9.17, 15) is 0 Å². The Hall–Kier alpha value is 1.14. The highest BCUT2D eigenvalue weighted by atomic mass is 35.5. The lowest BCUT2D eigenvalue weighted by Gasteiger charge is -2.52. The predicted molar refractivity (Wildman–Crippen MR) is 102 cm³/mol. The first-order chi connectivity index (χ1) is 8.58. The first kappa shape index (κ1) is 21.1. The summed E-state index contributed by atoms with van der Waals surface area (Å²) in [6.07, 6.45) is 3.06. The minimum absolute atomic E-state index is 0.0473. The van der Waals surface area contributed by atoms with Crippen molar-refractivity contribution in [3.8, 4) is 0 Å². The van der Waals surface area contributed by atoms with E-state index in [0.717, 1.165) is 6.16 Å². The Labute approximate surface area is 139 Å². The minimum atomic E-state index is -1.55. The highest BCUT2D eigenvalue weighted by Gasteiger charge is 2.61. The quantitative estimate of drug-likeness (QED) is 0.408. The molecule has 0 amide bonds. The Morgan fingerprint density at radius 1 is 0.750 bits per heavy atom. The third kappa shape index (κ3) is 3.91. The van der Waals surface area contributed by atoms with Gasteiger partial charge in [0.25, 0.3) is 0 Å². The van der Waals surface area contributed by atoms with Crippen molar-refractivity contribution in [3.05, 3.63) is 0 Å². The average Bonchev–Trinajstić information content (AvgIpc) is 2.20. The Kier molecular flexibility index (Phi) is 6.69. The summed E-state index contributed by atoms with van der Waals surface area (Å²) in [5.74, 6) is 0.